The van der Waals surface area contributed by atoms with Crippen LogP contribution >= 0.6 is 0 Å². The summed E-state index contributed by atoms with van der Waals surface area (Å²) in [5.41, 5.74) is 2.30. The van der Waals surface area contributed by atoms with Crippen molar-refractivity contribution in [3.05, 3.63) is 54.4 Å². The number of carbonyl (C=O) groups excluding carboxylic acids is 1. The molecule has 1 aromatic heterocycles. The molecule has 0 aliphatic rings. The van der Waals surface area contributed by atoms with Crippen LogP contribution in [0.1, 0.15) is 37.7 Å². The van der Waals surface area contributed by atoms with Gasteiger partial charge in [0.05, 0.1) is 11.9 Å². The van der Waals surface area contributed by atoms with Crippen molar-refractivity contribution < 1.29 is 4.79 Å². The van der Waals surface area contributed by atoms with Crippen LogP contribution in [0.15, 0.2) is 48.7 Å². The average Bonchev–Trinajstić information content (AvgIpc) is 2.57. The minimum Gasteiger partial charge on any atom is -0.384 e. The fraction of sp³-hybridized carbons (Fsp3) is 0.368. The van der Waals surface area contributed by atoms with E-state index in [1.807, 2.05) is 43.3 Å². The predicted octanol–water partition coefficient (Wildman–Crippen LogP) is 4.21. The van der Waals surface area contributed by atoms with Gasteiger partial charge in [-0.25, -0.2) is 4.98 Å². The van der Waals surface area contributed by atoms with E-state index >= 15 is 0 Å². The summed E-state index contributed by atoms with van der Waals surface area (Å²) in [7, 11) is 0. The monoisotopic (exact) mass is 311 g/mol. The summed E-state index contributed by atoms with van der Waals surface area (Å²) in [6, 6.07) is 13.4. The SMILES string of the molecule is CCN(C(=O)c1ccc(NCCC(C)C)cn1)c1ccccc1. The first-order valence-electron chi connectivity index (χ1n) is 8.18. The largest absolute Gasteiger partial charge is 0.384 e. The number of aromatic nitrogens is 1. The molecular weight excluding hydrogens is 286 g/mol. The Morgan fingerprint density at radius 3 is 2.48 bits per heavy atom. The molecule has 2 rings (SSSR count). The highest BCUT2D eigenvalue weighted by Gasteiger charge is 2.16. The summed E-state index contributed by atoms with van der Waals surface area (Å²) in [6.45, 7) is 7.89. The van der Waals surface area contributed by atoms with Gasteiger partial charge < -0.3 is 10.2 Å². The molecule has 0 atom stereocenters. The lowest BCUT2D eigenvalue weighted by Gasteiger charge is -2.20. The molecule has 1 heterocycles. The summed E-state index contributed by atoms with van der Waals surface area (Å²) >= 11 is 0. The van der Waals surface area contributed by atoms with Gasteiger partial charge >= 0.3 is 0 Å². The lowest BCUT2D eigenvalue weighted by atomic mass is 10.1. The first kappa shape index (κ1) is 17.0. The Balaban J connectivity index is 2.04. The number of rotatable bonds is 7. The molecule has 0 fully saturated rings. The van der Waals surface area contributed by atoms with Crippen molar-refractivity contribution in [2.75, 3.05) is 23.3 Å². The summed E-state index contributed by atoms with van der Waals surface area (Å²) < 4.78 is 0. The predicted molar refractivity (Wildman–Crippen MR) is 96.0 cm³/mol. The van der Waals surface area contributed by atoms with Crippen molar-refractivity contribution in [3.8, 4) is 0 Å². The van der Waals surface area contributed by atoms with E-state index in [4.69, 9.17) is 0 Å². The van der Waals surface area contributed by atoms with Crippen LogP contribution in [-0.4, -0.2) is 24.0 Å². The van der Waals surface area contributed by atoms with Crippen molar-refractivity contribution in [1.29, 1.82) is 0 Å². The number of carbonyl (C=O) groups is 1. The van der Waals surface area contributed by atoms with E-state index in [2.05, 4.69) is 24.1 Å². The van der Waals surface area contributed by atoms with E-state index in [1.165, 1.54) is 0 Å². The third-order valence-corrected chi connectivity index (χ3v) is 3.66. The Morgan fingerprint density at radius 2 is 1.91 bits per heavy atom. The third kappa shape index (κ3) is 4.81. The zero-order chi connectivity index (χ0) is 16.7. The highest BCUT2D eigenvalue weighted by molar-refractivity contribution is 6.04. The van der Waals surface area contributed by atoms with Gasteiger partial charge in [-0.3, -0.25) is 4.79 Å². The number of pyridine rings is 1. The molecule has 4 nitrogen and oxygen atoms in total. The fourth-order valence-electron chi connectivity index (χ4n) is 2.32. The summed E-state index contributed by atoms with van der Waals surface area (Å²) in [4.78, 5) is 18.7. The number of amides is 1. The summed E-state index contributed by atoms with van der Waals surface area (Å²) in [6.07, 6.45) is 2.84. The van der Waals surface area contributed by atoms with Gasteiger partial charge in [-0.05, 0) is 43.5 Å². The number of hydrogen-bond acceptors (Lipinski definition) is 3. The zero-order valence-electron chi connectivity index (χ0n) is 14.1. The molecule has 0 radical (unpaired) electrons. The van der Waals surface area contributed by atoms with Gasteiger partial charge in [0.15, 0.2) is 0 Å². The molecule has 2 aromatic rings. The first-order chi connectivity index (χ1) is 11.1. The van der Waals surface area contributed by atoms with Crippen LogP contribution in [-0.2, 0) is 0 Å². The van der Waals surface area contributed by atoms with Gasteiger partial charge in [-0.15, -0.1) is 0 Å². The minimum atomic E-state index is -0.0765. The van der Waals surface area contributed by atoms with Crippen LogP contribution in [0.5, 0.6) is 0 Å². The molecule has 1 amide bonds. The number of benzene rings is 1. The van der Waals surface area contributed by atoms with Crippen LogP contribution in [0.4, 0.5) is 11.4 Å². The van der Waals surface area contributed by atoms with E-state index in [0.717, 1.165) is 24.3 Å². The van der Waals surface area contributed by atoms with E-state index in [1.54, 1.807) is 17.2 Å². The van der Waals surface area contributed by atoms with Crippen LogP contribution in [0, 0.1) is 5.92 Å². The molecule has 1 aromatic carbocycles. The standard InChI is InChI=1S/C19H25N3O/c1-4-22(17-8-6-5-7-9-17)19(23)18-11-10-16(14-21-18)20-13-12-15(2)3/h5-11,14-15,20H,4,12-13H2,1-3H3. The van der Waals surface area contributed by atoms with Crippen LogP contribution < -0.4 is 10.2 Å². The maximum Gasteiger partial charge on any atom is 0.276 e. The highest BCUT2D eigenvalue weighted by Crippen LogP contribution is 2.16. The van der Waals surface area contributed by atoms with Gasteiger partial charge in [0.1, 0.15) is 5.69 Å². The highest BCUT2D eigenvalue weighted by atomic mass is 16.2. The first-order valence-corrected chi connectivity index (χ1v) is 8.18. The maximum absolute atomic E-state index is 12.6. The molecule has 0 saturated heterocycles. The van der Waals surface area contributed by atoms with Crippen molar-refractivity contribution in [1.82, 2.24) is 4.98 Å². The Kier molecular flexibility index (Phi) is 6.15. The average molecular weight is 311 g/mol. The van der Waals surface area contributed by atoms with Gasteiger partial charge in [0, 0.05) is 18.8 Å². The number of nitrogens with zero attached hydrogens (tertiary/aromatic N) is 2. The number of hydrogen-bond donors (Lipinski definition) is 1. The lowest BCUT2D eigenvalue weighted by Crippen LogP contribution is -2.31. The molecule has 4 heteroatoms. The van der Waals surface area contributed by atoms with Gasteiger partial charge in [-0.1, -0.05) is 32.0 Å². The normalized spacial score (nSPS) is 10.6. The van der Waals surface area contributed by atoms with Crippen molar-refractivity contribution in [2.24, 2.45) is 5.92 Å². The third-order valence-electron chi connectivity index (χ3n) is 3.66. The minimum absolute atomic E-state index is 0.0765. The van der Waals surface area contributed by atoms with Crippen LogP contribution in [0.3, 0.4) is 0 Å². The summed E-state index contributed by atoms with van der Waals surface area (Å²) in [5, 5.41) is 3.33. The van der Waals surface area contributed by atoms with Gasteiger partial charge in [0.2, 0.25) is 0 Å². The lowest BCUT2D eigenvalue weighted by molar-refractivity contribution is 0.0983. The van der Waals surface area contributed by atoms with Crippen LogP contribution in [0.2, 0.25) is 0 Å². The van der Waals surface area contributed by atoms with E-state index in [-0.39, 0.29) is 5.91 Å². The van der Waals surface area contributed by atoms with E-state index in [0.29, 0.717) is 18.2 Å². The number of para-hydroxylation sites is 1. The molecule has 122 valence electrons. The quantitative estimate of drug-likeness (QED) is 0.833. The molecule has 0 unspecified atom stereocenters. The molecule has 23 heavy (non-hydrogen) atoms. The summed E-state index contributed by atoms with van der Waals surface area (Å²) in [5.74, 6) is 0.590. The second kappa shape index (κ2) is 8.32. The van der Waals surface area contributed by atoms with Crippen molar-refractivity contribution in [3.63, 3.8) is 0 Å². The molecular formula is C19H25N3O. The maximum atomic E-state index is 12.6. The number of anilines is 2. The Labute approximate surface area is 138 Å². The topological polar surface area (TPSA) is 45.2 Å². The zero-order valence-corrected chi connectivity index (χ0v) is 14.1. The Hall–Kier alpha value is -2.36. The fourth-order valence-corrected chi connectivity index (χ4v) is 2.32. The van der Waals surface area contributed by atoms with Crippen LogP contribution in [0.25, 0.3) is 0 Å². The molecule has 0 aliphatic heterocycles. The van der Waals surface area contributed by atoms with Crippen molar-refractivity contribution in [2.45, 2.75) is 27.2 Å². The smallest absolute Gasteiger partial charge is 0.276 e. The number of nitrogens with one attached hydrogen (secondary N) is 1. The van der Waals surface area contributed by atoms with Gasteiger partial charge in [-0.2, -0.15) is 0 Å². The van der Waals surface area contributed by atoms with Gasteiger partial charge in [0.25, 0.3) is 5.91 Å². The molecule has 1 N–H and O–H groups in total. The molecule has 0 aliphatic carbocycles. The molecule has 0 bridgehead atoms. The Bertz CT molecular complexity index is 608. The second-order valence-electron chi connectivity index (χ2n) is 5.93. The molecule has 0 spiro atoms. The van der Waals surface area contributed by atoms with E-state index < -0.39 is 0 Å². The van der Waals surface area contributed by atoms with Crippen molar-refractivity contribution >= 4 is 17.3 Å². The Morgan fingerprint density at radius 1 is 1.17 bits per heavy atom. The van der Waals surface area contributed by atoms with E-state index in [9.17, 15) is 4.79 Å². The molecule has 0 saturated carbocycles. The second-order valence-corrected chi connectivity index (χ2v) is 5.93.